The Labute approximate surface area is 102 Å². The van der Waals surface area contributed by atoms with Gasteiger partial charge in [-0.15, -0.1) is 0 Å². The molecule has 1 amide bonds. The van der Waals surface area contributed by atoms with Crippen molar-refractivity contribution in [3.63, 3.8) is 0 Å². The number of nitrogen functional groups attached to an aromatic ring is 1. The van der Waals surface area contributed by atoms with Crippen LogP contribution in [0.25, 0.3) is 0 Å². The number of nitrogens with two attached hydrogens (primary N) is 1. The van der Waals surface area contributed by atoms with Gasteiger partial charge >= 0.3 is 0 Å². The summed E-state index contributed by atoms with van der Waals surface area (Å²) in [5.41, 5.74) is 2.29. The van der Waals surface area contributed by atoms with Crippen LogP contribution in [0.2, 0.25) is 0 Å². The van der Waals surface area contributed by atoms with Crippen LogP contribution in [0.3, 0.4) is 0 Å². The Hall–Kier alpha value is -2.34. The van der Waals surface area contributed by atoms with Crippen LogP contribution in [-0.4, -0.2) is 5.91 Å². The number of amides is 1. The minimum atomic E-state index is -0.471. The van der Waals surface area contributed by atoms with Crippen LogP contribution in [0.15, 0.2) is 41.0 Å². The van der Waals surface area contributed by atoms with Crippen LogP contribution >= 0.6 is 0 Å². The third kappa shape index (κ3) is 2.67. The predicted molar refractivity (Wildman–Crippen MR) is 61.1 cm³/mol. The molecule has 0 atom stereocenters. The average molecular weight is 250 g/mol. The first-order valence-corrected chi connectivity index (χ1v) is 5.16. The van der Waals surface area contributed by atoms with Crippen molar-refractivity contribution in [1.82, 2.24) is 5.43 Å². The third-order valence-corrected chi connectivity index (χ3v) is 2.29. The molecule has 0 aliphatic rings. The number of benzene rings is 1. The number of rotatable bonds is 4. The topological polar surface area (TPSA) is 77.5 Å². The Morgan fingerprint density at radius 2 is 2.28 bits per heavy atom. The summed E-state index contributed by atoms with van der Waals surface area (Å²) < 4.78 is 23.3. The normalized spacial score (nSPS) is 10.1. The second-order valence-corrected chi connectivity index (χ2v) is 3.48. The first-order chi connectivity index (χ1) is 8.70. The summed E-state index contributed by atoms with van der Waals surface area (Å²) in [5.74, 6) is 4.83. The van der Waals surface area contributed by atoms with E-state index in [-0.39, 0.29) is 12.2 Å². The average Bonchev–Trinajstić information content (AvgIpc) is 2.84. The molecule has 0 radical (unpaired) electrons. The van der Waals surface area contributed by atoms with Crippen molar-refractivity contribution in [2.45, 2.75) is 6.61 Å². The van der Waals surface area contributed by atoms with E-state index in [0.717, 1.165) is 0 Å². The van der Waals surface area contributed by atoms with Gasteiger partial charge in [-0.3, -0.25) is 10.2 Å². The van der Waals surface area contributed by atoms with Gasteiger partial charge in [-0.05, 0) is 18.2 Å². The van der Waals surface area contributed by atoms with Crippen molar-refractivity contribution in [1.29, 1.82) is 0 Å². The van der Waals surface area contributed by atoms with Crippen LogP contribution in [0.1, 0.15) is 16.1 Å². The van der Waals surface area contributed by atoms with Crippen molar-refractivity contribution >= 4 is 5.91 Å². The van der Waals surface area contributed by atoms with Crippen molar-refractivity contribution in [3.05, 3.63) is 53.7 Å². The number of hydrogen-bond acceptors (Lipinski definition) is 4. The highest BCUT2D eigenvalue weighted by molar-refractivity contribution is 5.94. The van der Waals surface area contributed by atoms with E-state index in [4.69, 9.17) is 15.0 Å². The maximum atomic E-state index is 12.9. The van der Waals surface area contributed by atoms with E-state index < -0.39 is 11.7 Å². The van der Waals surface area contributed by atoms with Crippen molar-refractivity contribution in [2.24, 2.45) is 5.84 Å². The molecule has 0 spiro atoms. The van der Waals surface area contributed by atoms with E-state index in [0.29, 0.717) is 11.5 Å². The number of halogens is 1. The largest absolute Gasteiger partial charge is 0.486 e. The Morgan fingerprint density at radius 1 is 1.44 bits per heavy atom. The number of hydrazine groups is 1. The Morgan fingerprint density at radius 3 is 3.00 bits per heavy atom. The zero-order chi connectivity index (χ0) is 13.0. The zero-order valence-corrected chi connectivity index (χ0v) is 9.35. The molecule has 2 aromatic rings. The lowest BCUT2D eigenvalue weighted by molar-refractivity contribution is 0.0949. The van der Waals surface area contributed by atoms with Gasteiger partial charge in [0.05, 0.1) is 11.8 Å². The van der Waals surface area contributed by atoms with E-state index in [2.05, 4.69) is 0 Å². The van der Waals surface area contributed by atoms with Gasteiger partial charge in [0.15, 0.2) is 5.76 Å². The minimum absolute atomic E-state index is 0.0131. The molecule has 0 unspecified atom stereocenters. The smallest absolute Gasteiger partial charge is 0.268 e. The molecule has 0 saturated carbocycles. The van der Waals surface area contributed by atoms with Gasteiger partial charge in [0.2, 0.25) is 0 Å². The van der Waals surface area contributed by atoms with E-state index in [1.165, 1.54) is 30.5 Å². The molecule has 18 heavy (non-hydrogen) atoms. The molecule has 1 aromatic heterocycles. The van der Waals surface area contributed by atoms with Gasteiger partial charge < -0.3 is 9.15 Å². The van der Waals surface area contributed by atoms with E-state index in [1.54, 1.807) is 6.07 Å². The first-order valence-electron chi connectivity index (χ1n) is 5.16. The number of carbonyl (C=O) groups is 1. The fourth-order valence-electron chi connectivity index (χ4n) is 1.44. The second-order valence-electron chi connectivity index (χ2n) is 3.48. The maximum Gasteiger partial charge on any atom is 0.268 e. The molecule has 1 heterocycles. The van der Waals surface area contributed by atoms with Crippen molar-refractivity contribution in [2.75, 3.05) is 0 Å². The van der Waals surface area contributed by atoms with Crippen LogP contribution in [0.5, 0.6) is 5.75 Å². The zero-order valence-electron chi connectivity index (χ0n) is 9.35. The van der Waals surface area contributed by atoms with Crippen LogP contribution < -0.4 is 16.0 Å². The summed E-state index contributed by atoms with van der Waals surface area (Å²) in [7, 11) is 0. The quantitative estimate of drug-likeness (QED) is 0.491. The number of nitrogens with one attached hydrogen (secondary N) is 1. The highest BCUT2D eigenvalue weighted by Gasteiger charge is 2.13. The second kappa shape index (κ2) is 5.33. The van der Waals surface area contributed by atoms with E-state index in [9.17, 15) is 9.18 Å². The molecule has 3 N–H and O–H groups in total. The van der Waals surface area contributed by atoms with Gasteiger partial charge in [0.25, 0.3) is 5.91 Å². The molecular weight excluding hydrogens is 239 g/mol. The fourth-order valence-corrected chi connectivity index (χ4v) is 1.44. The van der Waals surface area contributed by atoms with Crippen molar-refractivity contribution in [3.8, 4) is 5.75 Å². The van der Waals surface area contributed by atoms with Crippen LogP contribution in [-0.2, 0) is 6.61 Å². The molecular formula is C12H11FN2O3. The minimum Gasteiger partial charge on any atom is -0.486 e. The summed E-state index contributed by atoms with van der Waals surface area (Å²) in [6.07, 6.45) is 1.36. The molecule has 0 bridgehead atoms. The summed E-state index contributed by atoms with van der Waals surface area (Å²) >= 11 is 0. The molecule has 1 aromatic carbocycles. The molecule has 0 aliphatic carbocycles. The van der Waals surface area contributed by atoms with Crippen LogP contribution in [0.4, 0.5) is 4.39 Å². The van der Waals surface area contributed by atoms with E-state index >= 15 is 0 Å². The van der Waals surface area contributed by atoms with Gasteiger partial charge in [0.1, 0.15) is 18.2 Å². The maximum absolute atomic E-state index is 12.9. The molecule has 6 heteroatoms. The molecule has 2 rings (SSSR count). The predicted octanol–water partition coefficient (Wildman–Crippen LogP) is 1.60. The number of hydrogen-bond donors (Lipinski definition) is 2. The summed E-state index contributed by atoms with van der Waals surface area (Å²) in [4.78, 5) is 11.3. The lowest BCUT2D eigenvalue weighted by atomic mass is 10.2. The standard InChI is InChI=1S/C12H11FN2O3/c13-8-2-1-3-9(6-8)18-7-11-10(4-5-17-11)12(16)15-14/h1-6H,7,14H2,(H,15,16). The number of carbonyl (C=O) groups excluding carboxylic acids is 1. The Bertz CT molecular complexity index is 554. The monoisotopic (exact) mass is 250 g/mol. The molecule has 5 nitrogen and oxygen atoms in total. The van der Waals surface area contributed by atoms with Crippen LogP contribution in [0, 0.1) is 5.82 Å². The first kappa shape index (κ1) is 12.1. The fraction of sp³-hybridized carbons (Fsp3) is 0.0833. The third-order valence-electron chi connectivity index (χ3n) is 2.29. The SMILES string of the molecule is NNC(=O)c1ccoc1COc1cccc(F)c1. The summed E-state index contributed by atoms with van der Waals surface area (Å²) in [5, 5.41) is 0. The van der Waals surface area contributed by atoms with Gasteiger partial charge in [-0.1, -0.05) is 6.07 Å². The molecule has 94 valence electrons. The highest BCUT2D eigenvalue weighted by Crippen LogP contribution is 2.16. The summed E-state index contributed by atoms with van der Waals surface area (Å²) in [6.45, 7) is 0.0131. The van der Waals surface area contributed by atoms with Gasteiger partial charge in [-0.25, -0.2) is 10.2 Å². The highest BCUT2D eigenvalue weighted by atomic mass is 19.1. The Kier molecular flexibility index (Phi) is 3.59. The van der Waals surface area contributed by atoms with Gasteiger partial charge in [0, 0.05) is 6.07 Å². The molecule has 0 saturated heterocycles. The van der Waals surface area contributed by atoms with Crippen molar-refractivity contribution < 1.29 is 18.3 Å². The Balaban J connectivity index is 2.07. The number of furan rings is 1. The number of ether oxygens (including phenoxy) is 1. The lowest BCUT2D eigenvalue weighted by Crippen LogP contribution is -2.30. The molecule has 0 aliphatic heterocycles. The lowest BCUT2D eigenvalue weighted by Gasteiger charge is -2.05. The van der Waals surface area contributed by atoms with Gasteiger partial charge in [-0.2, -0.15) is 0 Å². The molecule has 0 fully saturated rings. The van der Waals surface area contributed by atoms with E-state index in [1.807, 2.05) is 5.43 Å². The summed E-state index contributed by atoms with van der Waals surface area (Å²) in [6, 6.07) is 7.17.